The third-order valence-corrected chi connectivity index (χ3v) is 2.37. The SMILES string of the molecule is CNC(=S)Nc1nc(C)c(C(=S)NC)o1. The highest BCUT2D eigenvalue weighted by molar-refractivity contribution is 7.80. The topological polar surface area (TPSA) is 62.1 Å². The number of rotatable bonds is 2. The molecular weight excluding hydrogens is 232 g/mol. The molecule has 0 saturated carbocycles. The van der Waals surface area contributed by atoms with E-state index < -0.39 is 0 Å². The second kappa shape index (κ2) is 5.04. The first-order chi connectivity index (χ1) is 7.08. The molecule has 5 nitrogen and oxygen atoms in total. The molecular formula is C8H12N4OS2. The molecule has 0 fully saturated rings. The number of aryl methyl sites for hydroxylation is 1. The van der Waals surface area contributed by atoms with Gasteiger partial charge in [-0.05, 0) is 19.1 Å². The molecule has 0 amide bonds. The number of nitrogens with zero attached hydrogens (tertiary/aromatic N) is 1. The van der Waals surface area contributed by atoms with Gasteiger partial charge in [0.05, 0.1) is 5.69 Å². The predicted octanol–water partition coefficient (Wildman–Crippen LogP) is 0.794. The monoisotopic (exact) mass is 244 g/mol. The molecule has 0 unspecified atom stereocenters. The van der Waals surface area contributed by atoms with Crippen LogP contribution in [0.15, 0.2) is 4.42 Å². The van der Waals surface area contributed by atoms with Gasteiger partial charge >= 0.3 is 6.01 Å². The van der Waals surface area contributed by atoms with Gasteiger partial charge in [-0.2, -0.15) is 4.98 Å². The maximum absolute atomic E-state index is 5.39. The van der Waals surface area contributed by atoms with E-state index in [0.29, 0.717) is 21.9 Å². The Bertz CT molecular complexity index is 388. The zero-order valence-electron chi connectivity index (χ0n) is 8.67. The summed E-state index contributed by atoms with van der Waals surface area (Å²) < 4.78 is 5.39. The van der Waals surface area contributed by atoms with Gasteiger partial charge in [0, 0.05) is 14.1 Å². The Kier molecular flexibility index (Phi) is 3.98. The molecule has 0 radical (unpaired) electrons. The van der Waals surface area contributed by atoms with Crippen LogP contribution in [0.5, 0.6) is 0 Å². The van der Waals surface area contributed by atoms with Crippen molar-refractivity contribution >= 4 is 40.6 Å². The van der Waals surface area contributed by atoms with Crippen LogP contribution in [-0.4, -0.2) is 29.2 Å². The van der Waals surface area contributed by atoms with E-state index in [1.54, 1.807) is 14.1 Å². The van der Waals surface area contributed by atoms with Gasteiger partial charge in [-0.3, -0.25) is 5.32 Å². The standard InChI is InChI=1S/C8H12N4OS2/c1-4-5(6(14)9-2)13-7(11-4)12-8(15)10-3/h1-3H3,(H,9,14)(H2,10,11,12,15). The van der Waals surface area contributed by atoms with Gasteiger partial charge < -0.3 is 15.1 Å². The minimum absolute atomic E-state index is 0.333. The van der Waals surface area contributed by atoms with Crippen molar-refractivity contribution in [3.8, 4) is 0 Å². The van der Waals surface area contributed by atoms with Crippen molar-refractivity contribution < 1.29 is 4.42 Å². The molecule has 0 spiro atoms. The second-order valence-electron chi connectivity index (χ2n) is 2.72. The van der Waals surface area contributed by atoms with Crippen LogP contribution in [0.2, 0.25) is 0 Å². The highest BCUT2D eigenvalue weighted by Crippen LogP contribution is 2.14. The van der Waals surface area contributed by atoms with Gasteiger partial charge in [-0.15, -0.1) is 0 Å². The summed E-state index contributed by atoms with van der Waals surface area (Å²) in [7, 11) is 3.44. The smallest absolute Gasteiger partial charge is 0.301 e. The first-order valence-electron chi connectivity index (χ1n) is 4.26. The molecule has 1 rings (SSSR count). The summed E-state index contributed by atoms with van der Waals surface area (Å²) in [4.78, 5) is 4.65. The predicted molar refractivity (Wildman–Crippen MR) is 67.3 cm³/mol. The van der Waals surface area contributed by atoms with Crippen LogP contribution in [0.25, 0.3) is 0 Å². The lowest BCUT2D eigenvalue weighted by atomic mass is 10.4. The van der Waals surface area contributed by atoms with Gasteiger partial charge in [0.1, 0.15) is 4.99 Å². The van der Waals surface area contributed by atoms with Crippen LogP contribution in [0, 0.1) is 6.92 Å². The quantitative estimate of drug-likeness (QED) is 0.665. The first kappa shape index (κ1) is 11.9. The van der Waals surface area contributed by atoms with Gasteiger partial charge in [-0.1, -0.05) is 12.2 Å². The summed E-state index contributed by atoms with van der Waals surface area (Å²) in [6.45, 7) is 1.82. The highest BCUT2D eigenvalue weighted by atomic mass is 32.1. The number of hydrogen-bond donors (Lipinski definition) is 3. The Balaban J connectivity index is 2.86. The Morgan fingerprint density at radius 1 is 1.27 bits per heavy atom. The maximum Gasteiger partial charge on any atom is 0.301 e. The lowest BCUT2D eigenvalue weighted by Crippen LogP contribution is -2.24. The van der Waals surface area contributed by atoms with Crippen molar-refractivity contribution in [2.45, 2.75) is 6.92 Å². The average molecular weight is 244 g/mol. The van der Waals surface area contributed by atoms with Gasteiger partial charge in [0.2, 0.25) is 0 Å². The molecule has 7 heteroatoms. The third kappa shape index (κ3) is 2.87. The molecule has 0 aliphatic heterocycles. The molecule has 0 atom stereocenters. The summed E-state index contributed by atoms with van der Waals surface area (Å²) in [6, 6.07) is 0.333. The molecule has 15 heavy (non-hydrogen) atoms. The summed E-state index contributed by atoms with van der Waals surface area (Å²) in [6.07, 6.45) is 0. The normalized spacial score (nSPS) is 9.53. The number of anilines is 1. The van der Waals surface area contributed by atoms with Crippen LogP contribution in [0.1, 0.15) is 11.5 Å². The van der Waals surface area contributed by atoms with Crippen molar-refractivity contribution in [2.24, 2.45) is 0 Å². The molecule has 0 saturated heterocycles. The molecule has 1 aromatic rings. The lowest BCUT2D eigenvalue weighted by molar-refractivity contribution is 0.567. The Morgan fingerprint density at radius 2 is 1.93 bits per heavy atom. The molecule has 3 N–H and O–H groups in total. The molecule has 1 aromatic heterocycles. The van der Waals surface area contributed by atoms with Crippen molar-refractivity contribution in [3.63, 3.8) is 0 Å². The highest BCUT2D eigenvalue weighted by Gasteiger charge is 2.13. The zero-order chi connectivity index (χ0) is 11.4. The van der Waals surface area contributed by atoms with Gasteiger partial charge in [0.15, 0.2) is 10.9 Å². The molecule has 0 aromatic carbocycles. The van der Waals surface area contributed by atoms with Crippen molar-refractivity contribution in [1.29, 1.82) is 0 Å². The first-order valence-corrected chi connectivity index (χ1v) is 5.08. The van der Waals surface area contributed by atoms with Crippen LogP contribution >= 0.6 is 24.4 Å². The van der Waals surface area contributed by atoms with Crippen LogP contribution in [-0.2, 0) is 0 Å². The van der Waals surface area contributed by atoms with E-state index in [1.165, 1.54) is 0 Å². The Hall–Kier alpha value is -1.21. The molecule has 0 bridgehead atoms. The van der Waals surface area contributed by atoms with E-state index in [1.807, 2.05) is 6.92 Å². The molecule has 0 aliphatic carbocycles. The fourth-order valence-electron chi connectivity index (χ4n) is 0.934. The minimum Gasteiger partial charge on any atom is -0.420 e. The number of thiocarbonyl (C=S) groups is 2. The van der Waals surface area contributed by atoms with Crippen LogP contribution in [0.4, 0.5) is 6.01 Å². The molecule has 1 heterocycles. The molecule has 0 aliphatic rings. The number of hydrogen-bond acceptors (Lipinski definition) is 4. The summed E-state index contributed by atoms with van der Waals surface area (Å²) in [5.41, 5.74) is 0.718. The van der Waals surface area contributed by atoms with E-state index in [4.69, 9.17) is 28.9 Å². The number of nitrogens with one attached hydrogen (secondary N) is 3. The summed E-state index contributed by atoms with van der Waals surface area (Å²) in [5, 5.41) is 8.81. The maximum atomic E-state index is 5.39. The average Bonchev–Trinajstić information content (AvgIpc) is 2.58. The van der Waals surface area contributed by atoms with Gasteiger partial charge in [0.25, 0.3) is 0 Å². The Morgan fingerprint density at radius 3 is 2.47 bits per heavy atom. The van der Waals surface area contributed by atoms with Crippen molar-refractivity contribution in [3.05, 3.63) is 11.5 Å². The van der Waals surface area contributed by atoms with Gasteiger partial charge in [-0.25, -0.2) is 0 Å². The van der Waals surface area contributed by atoms with Crippen LogP contribution < -0.4 is 16.0 Å². The molecule has 82 valence electrons. The van der Waals surface area contributed by atoms with E-state index in [0.717, 1.165) is 5.69 Å². The fraction of sp³-hybridized carbons (Fsp3) is 0.375. The second-order valence-corrected chi connectivity index (χ2v) is 3.53. The summed E-state index contributed by atoms with van der Waals surface area (Å²) >= 11 is 9.96. The third-order valence-electron chi connectivity index (χ3n) is 1.68. The fourth-order valence-corrected chi connectivity index (χ4v) is 1.21. The number of aromatic nitrogens is 1. The Labute approximate surface area is 98.6 Å². The minimum atomic E-state index is 0.333. The largest absolute Gasteiger partial charge is 0.420 e. The number of oxazole rings is 1. The zero-order valence-corrected chi connectivity index (χ0v) is 10.3. The van der Waals surface area contributed by atoms with Crippen molar-refractivity contribution in [2.75, 3.05) is 19.4 Å². The van der Waals surface area contributed by atoms with E-state index in [2.05, 4.69) is 20.9 Å². The van der Waals surface area contributed by atoms with Crippen LogP contribution in [0.3, 0.4) is 0 Å². The lowest BCUT2D eigenvalue weighted by Gasteiger charge is -2.01. The van der Waals surface area contributed by atoms with E-state index >= 15 is 0 Å². The summed E-state index contributed by atoms with van der Waals surface area (Å²) in [5.74, 6) is 0.550. The van der Waals surface area contributed by atoms with E-state index in [-0.39, 0.29) is 0 Å². The van der Waals surface area contributed by atoms with Crippen molar-refractivity contribution in [1.82, 2.24) is 15.6 Å². The van der Waals surface area contributed by atoms with E-state index in [9.17, 15) is 0 Å².